The van der Waals surface area contributed by atoms with E-state index in [0.717, 1.165) is 12.1 Å². The van der Waals surface area contributed by atoms with Crippen LogP contribution in [0.1, 0.15) is 38.3 Å². The second-order valence-electron chi connectivity index (χ2n) is 2.83. The fourth-order valence-electron chi connectivity index (χ4n) is 1.06. The van der Waals surface area contributed by atoms with Gasteiger partial charge in [-0.05, 0) is 6.42 Å². The third-order valence-electron chi connectivity index (χ3n) is 1.74. The summed E-state index contributed by atoms with van der Waals surface area (Å²) < 4.78 is 0. The molecule has 0 aliphatic carbocycles. The van der Waals surface area contributed by atoms with Crippen LogP contribution in [-0.2, 0) is 0 Å². The topological polar surface area (TPSA) is 25.8 Å². The van der Waals surface area contributed by atoms with E-state index < -0.39 is 0 Å². The lowest BCUT2D eigenvalue weighted by molar-refractivity contribution is 0.712. The zero-order valence-corrected chi connectivity index (χ0v) is 7.53. The molecule has 0 bridgehead atoms. The molecule has 1 heterocycles. The lowest BCUT2D eigenvalue weighted by Gasteiger charge is -1.97. The Balaban J connectivity index is 2.16. The molecule has 0 unspecified atom stereocenters. The first-order chi connectivity index (χ1) is 5.93. The molecule has 1 aromatic rings. The van der Waals surface area contributed by atoms with Crippen LogP contribution in [0.15, 0.2) is 18.6 Å². The highest BCUT2D eigenvalue weighted by Gasteiger charge is 1.93. The van der Waals surface area contributed by atoms with Gasteiger partial charge in [-0.2, -0.15) is 0 Å². The average molecular weight is 163 g/mol. The van der Waals surface area contributed by atoms with E-state index >= 15 is 0 Å². The summed E-state index contributed by atoms with van der Waals surface area (Å²) in [6.45, 7) is 2.21. The zero-order valence-electron chi connectivity index (χ0n) is 7.53. The summed E-state index contributed by atoms with van der Waals surface area (Å²) >= 11 is 0. The Morgan fingerprint density at radius 3 is 2.92 bits per heavy atom. The standard InChI is InChI=1S/C10H15N2/c1-2-3-4-5-6-10-9-11-7-8-12-10/h6-9H,2-5H2,1H3. The van der Waals surface area contributed by atoms with Crippen molar-refractivity contribution in [3.05, 3.63) is 30.7 Å². The first-order valence-electron chi connectivity index (χ1n) is 4.52. The molecule has 0 saturated carbocycles. The largest absolute Gasteiger partial charge is 0.261 e. The smallest absolute Gasteiger partial charge is 0.0624 e. The van der Waals surface area contributed by atoms with Crippen molar-refractivity contribution < 1.29 is 0 Å². The molecule has 1 rings (SSSR count). The lowest BCUT2D eigenvalue weighted by atomic mass is 10.1. The highest BCUT2D eigenvalue weighted by Crippen LogP contribution is 2.05. The van der Waals surface area contributed by atoms with E-state index in [-0.39, 0.29) is 0 Å². The van der Waals surface area contributed by atoms with Crippen LogP contribution in [0.2, 0.25) is 0 Å². The predicted octanol–water partition coefficient (Wildman–Crippen LogP) is 2.61. The maximum atomic E-state index is 4.16. The zero-order chi connectivity index (χ0) is 8.65. The normalized spacial score (nSPS) is 10.1. The summed E-state index contributed by atoms with van der Waals surface area (Å²) in [5.74, 6) is 0. The van der Waals surface area contributed by atoms with Crippen LogP contribution in [-0.4, -0.2) is 9.97 Å². The van der Waals surface area contributed by atoms with Crippen LogP contribution in [0, 0.1) is 6.42 Å². The molecule has 0 N–H and O–H groups in total. The van der Waals surface area contributed by atoms with Gasteiger partial charge >= 0.3 is 0 Å². The van der Waals surface area contributed by atoms with Gasteiger partial charge in [0.2, 0.25) is 0 Å². The van der Waals surface area contributed by atoms with Crippen LogP contribution in [0.3, 0.4) is 0 Å². The Hall–Kier alpha value is -0.920. The molecule has 0 aliphatic rings. The maximum absolute atomic E-state index is 4.16. The molecule has 0 spiro atoms. The highest BCUT2D eigenvalue weighted by molar-refractivity contribution is 5.06. The van der Waals surface area contributed by atoms with Crippen LogP contribution in [0.25, 0.3) is 0 Å². The van der Waals surface area contributed by atoms with Gasteiger partial charge in [0.15, 0.2) is 0 Å². The summed E-state index contributed by atoms with van der Waals surface area (Å²) in [6, 6.07) is 0. The monoisotopic (exact) mass is 163 g/mol. The maximum Gasteiger partial charge on any atom is 0.0624 e. The number of unbranched alkanes of at least 4 members (excludes halogenated alkanes) is 3. The van der Waals surface area contributed by atoms with Gasteiger partial charge in [-0.1, -0.05) is 26.2 Å². The highest BCUT2D eigenvalue weighted by atomic mass is 14.8. The molecule has 0 atom stereocenters. The van der Waals surface area contributed by atoms with Crippen LogP contribution < -0.4 is 0 Å². The van der Waals surface area contributed by atoms with Gasteiger partial charge in [-0.3, -0.25) is 9.97 Å². The SMILES string of the molecule is CCCCC[CH]c1cnccn1. The van der Waals surface area contributed by atoms with Crippen molar-refractivity contribution in [3.63, 3.8) is 0 Å². The average Bonchev–Trinajstić information content (AvgIpc) is 2.14. The molecule has 1 radical (unpaired) electrons. The Labute approximate surface area is 74.1 Å². The Morgan fingerprint density at radius 1 is 1.33 bits per heavy atom. The second-order valence-corrected chi connectivity index (χ2v) is 2.83. The second kappa shape index (κ2) is 5.70. The number of hydrogen-bond donors (Lipinski definition) is 0. The van der Waals surface area contributed by atoms with Crippen molar-refractivity contribution in [2.45, 2.75) is 32.6 Å². The van der Waals surface area contributed by atoms with Crippen molar-refractivity contribution in [3.8, 4) is 0 Å². The molecule has 0 aromatic carbocycles. The number of rotatable bonds is 5. The van der Waals surface area contributed by atoms with Crippen molar-refractivity contribution in [1.82, 2.24) is 9.97 Å². The van der Waals surface area contributed by atoms with E-state index in [1.165, 1.54) is 19.3 Å². The summed E-state index contributed by atoms with van der Waals surface area (Å²) in [5.41, 5.74) is 0.994. The lowest BCUT2D eigenvalue weighted by Crippen LogP contribution is -1.87. The third kappa shape index (κ3) is 3.46. The summed E-state index contributed by atoms with van der Waals surface area (Å²) in [5, 5.41) is 0. The van der Waals surface area contributed by atoms with Crippen LogP contribution >= 0.6 is 0 Å². The first kappa shape index (κ1) is 9.17. The molecule has 2 nitrogen and oxygen atoms in total. The predicted molar refractivity (Wildman–Crippen MR) is 49.6 cm³/mol. The minimum absolute atomic E-state index is 0.994. The van der Waals surface area contributed by atoms with Crippen molar-refractivity contribution in [2.75, 3.05) is 0 Å². The van der Waals surface area contributed by atoms with Gasteiger partial charge in [0, 0.05) is 25.0 Å². The first-order valence-corrected chi connectivity index (χ1v) is 4.52. The van der Waals surface area contributed by atoms with Gasteiger partial charge < -0.3 is 0 Å². The van der Waals surface area contributed by atoms with Gasteiger partial charge in [-0.25, -0.2) is 0 Å². The molecular formula is C10H15N2. The Kier molecular flexibility index (Phi) is 4.35. The Bertz CT molecular complexity index is 196. The van der Waals surface area contributed by atoms with Crippen molar-refractivity contribution in [1.29, 1.82) is 0 Å². The van der Waals surface area contributed by atoms with Crippen LogP contribution in [0.4, 0.5) is 0 Å². The minimum atomic E-state index is 0.994. The molecule has 12 heavy (non-hydrogen) atoms. The fraction of sp³-hybridized carbons (Fsp3) is 0.500. The number of aromatic nitrogens is 2. The van der Waals surface area contributed by atoms with Gasteiger partial charge in [0.05, 0.1) is 5.69 Å². The van der Waals surface area contributed by atoms with Crippen molar-refractivity contribution >= 4 is 0 Å². The van der Waals surface area contributed by atoms with E-state index in [4.69, 9.17) is 0 Å². The molecule has 2 heteroatoms. The summed E-state index contributed by atoms with van der Waals surface area (Å²) in [6.07, 6.45) is 12.3. The number of nitrogens with zero attached hydrogens (tertiary/aromatic N) is 2. The van der Waals surface area contributed by atoms with Gasteiger partial charge in [0.1, 0.15) is 0 Å². The van der Waals surface area contributed by atoms with Gasteiger partial charge in [0.25, 0.3) is 0 Å². The molecule has 1 aromatic heterocycles. The van der Waals surface area contributed by atoms with Crippen LogP contribution in [0.5, 0.6) is 0 Å². The molecule has 0 fully saturated rings. The van der Waals surface area contributed by atoms with Crippen molar-refractivity contribution in [2.24, 2.45) is 0 Å². The van der Waals surface area contributed by atoms with E-state index in [9.17, 15) is 0 Å². The molecule has 0 saturated heterocycles. The quantitative estimate of drug-likeness (QED) is 0.623. The molecule has 0 amide bonds. The van der Waals surface area contributed by atoms with Gasteiger partial charge in [-0.15, -0.1) is 0 Å². The molecule has 0 aliphatic heterocycles. The third-order valence-corrected chi connectivity index (χ3v) is 1.74. The van der Waals surface area contributed by atoms with E-state index in [0.29, 0.717) is 0 Å². The summed E-state index contributed by atoms with van der Waals surface area (Å²) in [7, 11) is 0. The Morgan fingerprint density at radius 2 is 2.25 bits per heavy atom. The summed E-state index contributed by atoms with van der Waals surface area (Å²) in [4.78, 5) is 8.15. The fourth-order valence-corrected chi connectivity index (χ4v) is 1.06. The number of hydrogen-bond acceptors (Lipinski definition) is 2. The molecular weight excluding hydrogens is 148 g/mol. The van der Waals surface area contributed by atoms with E-state index in [1.807, 2.05) is 0 Å². The van der Waals surface area contributed by atoms with E-state index in [1.54, 1.807) is 18.6 Å². The molecule has 65 valence electrons. The minimum Gasteiger partial charge on any atom is -0.261 e. The van der Waals surface area contributed by atoms with E-state index in [2.05, 4.69) is 23.3 Å².